The number of fused-ring (bicyclic) bond motifs is 1. The molecule has 1 saturated heterocycles. The third-order valence-electron chi connectivity index (χ3n) is 6.07. The Kier molecular flexibility index (Phi) is 6.45. The minimum atomic E-state index is -0.217. The number of hydrogen-bond acceptors (Lipinski definition) is 5. The largest absolute Gasteiger partial charge is 0.385 e. The van der Waals surface area contributed by atoms with Crippen molar-refractivity contribution in [3.63, 3.8) is 0 Å². The Morgan fingerprint density at radius 3 is 2.53 bits per heavy atom. The van der Waals surface area contributed by atoms with Crippen molar-refractivity contribution in [1.82, 2.24) is 10.2 Å². The Morgan fingerprint density at radius 1 is 1.03 bits per heavy atom. The zero-order valence-electron chi connectivity index (χ0n) is 17.3. The number of nitrogens with two attached hydrogens (primary N) is 1. The van der Waals surface area contributed by atoms with Crippen LogP contribution in [0.4, 0.5) is 5.69 Å². The molecule has 1 atom stereocenters. The minimum Gasteiger partial charge on any atom is -0.385 e. The van der Waals surface area contributed by atoms with Gasteiger partial charge in [0, 0.05) is 31.7 Å². The van der Waals surface area contributed by atoms with Crippen LogP contribution < -0.4 is 16.4 Å². The molecule has 6 nitrogen and oxygen atoms in total. The number of amides is 2. The number of anilines is 1. The zero-order valence-corrected chi connectivity index (χ0v) is 17.3. The molecule has 2 aliphatic heterocycles. The number of aryl methyl sites for hydroxylation is 1. The van der Waals surface area contributed by atoms with Gasteiger partial charge in [0.1, 0.15) is 0 Å². The smallest absolute Gasteiger partial charge is 0.243 e. The van der Waals surface area contributed by atoms with Crippen molar-refractivity contribution in [3.8, 4) is 0 Å². The third-order valence-corrected chi connectivity index (χ3v) is 6.07. The Hall–Kier alpha value is -2.70. The van der Waals surface area contributed by atoms with Gasteiger partial charge in [-0.3, -0.25) is 19.8 Å². The SMILES string of the molecule is NCCc1ccc(CCCNc2cccc3c2CN(C2CCC(=O)NC2=O)C3)cc1. The molecule has 0 aromatic heterocycles. The summed E-state index contributed by atoms with van der Waals surface area (Å²) in [5.74, 6) is -0.324. The molecule has 0 radical (unpaired) electrons. The Balaban J connectivity index is 1.30. The topological polar surface area (TPSA) is 87.5 Å². The highest BCUT2D eigenvalue weighted by Gasteiger charge is 2.35. The molecular formula is C24H30N4O2. The van der Waals surface area contributed by atoms with E-state index in [0.29, 0.717) is 19.4 Å². The molecule has 30 heavy (non-hydrogen) atoms. The van der Waals surface area contributed by atoms with Gasteiger partial charge < -0.3 is 11.1 Å². The van der Waals surface area contributed by atoms with Crippen molar-refractivity contribution in [2.75, 3.05) is 18.4 Å². The maximum atomic E-state index is 12.2. The highest BCUT2D eigenvalue weighted by molar-refractivity contribution is 6.00. The summed E-state index contributed by atoms with van der Waals surface area (Å²) < 4.78 is 0. The van der Waals surface area contributed by atoms with Crippen LogP contribution in [0.25, 0.3) is 0 Å². The van der Waals surface area contributed by atoms with Crippen molar-refractivity contribution in [3.05, 3.63) is 64.7 Å². The molecule has 4 rings (SSSR count). The number of benzene rings is 2. The van der Waals surface area contributed by atoms with E-state index >= 15 is 0 Å². The average Bonchev–Trinajstić information content (AvgIpc) is 3.17. The minimum absolute atomic E-state index is 0.161. The number of carbonyl (C=O) groups is 2. The van der Waals surface area contributed by atoms with Crippen LogP contribution in [0.2, 0.25) is 0 Å². The standard InChI is InChI=1S/C24H30N4O2/c25-13-12-18-8-6-17(7-9-18)3-2-14-26-21-5-1-4-19-15-28(16-20(19)21)22-10-11-23(29)27-24(22)30/h1,4-9,22,26H,2-3,10-16,25H2,(H,27,29,30). The van der Waals surface area contributed by atoms with Crippen molar-refractivity contribution in [2.24, 2.45) is 5.73 Å². The summed E-state index contributed by atoms with van der Waals surface area (Å²) in [5, 5.41) is 6.06. The highest BCUT2D eigenvalue weighted by Crippen LogP contribution is 2.32. The summed E-state index contributed by atoms with van der Waals surface area (Å²) in [7, 11) is 0. The van der Waals surface area contributed by atoms with E-state index in [4.69, 9.17) is 5.73 Å². The number of nitrogens with one attached hydrogen (secondary N) is 2. The van der Waals surface area contributed by atoms with Crippen molar-refractivity contribution < 1.29 is 9.59 Å². The van der Waals surface area contributed by atoms with Gasteiger partial charge in [-0.25, -0.2) is 0 Å². The summed E-state index contributed by atoms with van der Waals surface area (Å²) in [6.07, 6.45) is 4.04. The molecule has 4 N–H and O–H groups in total. The first-order chi connectivity index (χ1) is 14.6. The Morgan fingerprint density at radius 2 is 1.80 bits per heavy atom. The fourth-order valence-corrected chi connectivity index (χ4v) is 4.42. The summed E-state index contributed by atoms with van der Waals surface area (Å²) in [4.78, 5) is 25.9. The fourth-order valence-electron chi connectivity index (χ4n) is 4.42. The second-order valence-electron chi connectivity index (χ2n) is 8.20. The molecule has 2 heterocycles. The van der Waals surface area contributed by atoms with E-state index in [9.17, 15) is 9.59 Å². The molecular weight excluding hydrogens is 376 g/mol. The van der Waals surface area contributed by atoms with Gasteiger partial charge in [0.2, 0.25) is 11.8 Å². The Bertz CT molecular complexity index is 910. The quantitative estimate of drug-likeness (QED) is 0.463. The van der Waals surface area contributed by atoms with Gasteiger partial charge in [-0.1, -0.05) is 36.4 Å². The number of rotatable bonds is 8. The number of piperidine rings is 1. The van der Waals surface area contributed by atoms with E-state index < -0.39 is 0 Å². The first kappa shape index (κ1) is 20.6. The lowest BCUT2D eigenvalue weighted by Gasteiger charge is -2.29. The average molecular weight is 407 g/mol. The summed E-state index contributed by atoms with van der Waals surface area (Å²) in [6.45, 7) is 3.09. The second kappa shape index (κ2) is 9.41. The van der Waals surface area contributed by atoms with Crippen LogP contribution in [0.1, 0.15) is 41.5 Å². The van der Waals surface area contributed by atoms with E-state index in [-0.39, 0.29) is 17.9 Å². The van der Waals surface area contributed by atoms with Gasteiger partial charge in [0.05, 0.1) is 6.04 Å². The van der Waals surface area contributed by atoms with Crippen LogP contribution in [-0.2, 0) is 35.5 Å². The molecule has 1 fully saturated rings. The van der Waals surface area contributed by atoms with Crippen molar-refractivity contribution in [1.29, 1.82) is 0 Å². The van der Waals surface area contributed by atoms with Crippen LogP contribution in [0, 0.1) is 0 Å². The van der Waals surface area contributed by atoms with Gasteiger partial charge in [-0.15, -0.1) is 0 Å². The predicted molar refractivity (Wildman–Crippen MR) is 118 cm³/mol. The number of imide groups is 1. The van der Waals surface area contributed by atoms with E-state index in [2.05, 4.69) is 58.0 Å². The molecule has 0 spiro atoms. The van der Waals surface area contributed by atoms with Gasteiger partial charge >= 0.3 is 0 Å². The molecule has 2 aromatic carbocycles. The first-order valence-electron chi connectivity index (χ1n) is 10.8. The molecule has 6 heteroatoms. The lowest BCUT2D eigenvalue weighted by Crippen LogP contribution is -2.50. The van der Waals surface area contributed by atoms with E-state index in [0.717, 1.165) is 44.6 Å². The van der Waals surface area contributed by atoms with Crippen LogP contribution >= 0.6 is 0 Å². The monoisotopic (exact) mass is 406 g/mol. The molecule has 1 unspecified atom stereocenters. The van der Waals surface area contributed by atoms with Gasteiger partial charge in [0.15, 0.2) is 0 Å². The van der Waals surface area contributed by atoms with Gasteiger partial charge in [-0.2, -0.15) is 0 Å². The highest BCUT2D eigenvalue weighted by atomic mass is 16.2. The fraction of sp³-hybridized carbons (Fsp3) is 0.417. The normalized spacial score (nSPS) is 18.9. The lowest BCUT2D eigenvalue weighted by molar-refractivity contribution is -0.137. The first-order valence-corrected chi connectivity index (χ1v) is 10.8. The third kappa shape index (κ3) is 4.71. The van der Waals surface area contributed by atoms with Crippen LogP contribution in [0.5, 0.6) is 0 Å². The predicted octanol–water partition coefficient (Wildman–Crippen LogP) is 2.35. The second-order valence-corrected chi connectivity index (χ2v) is 8.20. The van der Waals surface area contributed by atoms with Crippen LogP contribution in [0.15, 0.2) is 42.5 Å². The summed E-state index contributed by atoms with van der Waals surface area (Å²) in [5.41, 5.74) is 11.9. The van der Waals surface area contributed by atoms with Gasteiger partial charge in [-0.05, 0) is 60.5 Å². The van der Waals surface area contributed by atoms with Crippen molar-refractivity contribution >= 4 is 17.5 Å². The maximum absolute atomic E-state index is 12.2. The zero-order chi connectivity index (χ0) is 20.9. The number of carbonyl (C=O) groups excluding carboxylic acids is 2. The summed E-state index contributed by atoms with van der Waals surface area (Å²) in [6, 6.07) is 14.8. The Labute approximate surface area is 177 Å². The van der Waals surface area contributed by atoms with Crippen LogP contribution in [0.3, 0.4) is 0 Å². The number of hydrogen-bond donors (Lipinski definition) is 3. The molecule has 0 saturated carbocycles. The maximum Gasteiger partial charge on any atom is 0.243 e. The van der Waals surface area contributed by atoms with Crippen LogP contribution in [-0.4, -0.2) is 35.8 Å². The van der Waals surface area contributed by atoms with E-state index in [1.54, 1.807) is 0 Å². The van der Waals surface area contributed by atoms with E-state index in [1.807, 2.05) is 0 Å². The summed E-state index contributed by atoms with van der Waals surface area (Å²) >= 11 is 0. The molecule has 2 aromatic rings. The number of nitrogens with zero attached hydrogens (tertiary/aromatic N) is 1. The lowest BCUT2D eigenvalue weighted by atomic mass is 10.0. The molecule has 0 bridgehead atoms. The van der Waals surface area contributed by atoms with Crippen molar-refractivity contribution in [2.45, 2.75) is 51.2 Å². The molecule has 2 amide bonds. The molecule has 0 aliphatic carbocycles. The van der Waals surface area contributed by atoms with Gasteiger partial charge in [0.25, 0.3) is 0 Å². The van der Waals surface area contributed by atoms with E-state index in [1.165, 1.54) is 22.3 Å². The molecule has 2 aliphatic rings. The molecule has 158 valence electrons.